The minimum Gasteiger partial charge on any atom is -0.374 e. The van der Waals surface area contributed by atoms with Crippen molar-refractivity contribution in [3.63, 3.8) is 0 Å². The van der Waals surface area contributed by atoms with Gasteiger partial charge < -0.3 is 16.0 Å². The van der Waals surface area contributed by atoms with Gasteiger partial charge >= 0.3 is 0 Å². The lowest BCUT2D eigenvalue weighted by molar-refractivity contribution is -0.123. The van der Waals surface area contributed by atoms with E-state index in [0.29, 0.717) is 21.4 Å². The molecule has 0 spiro atoms. The minimum atomic E-state index is -0.488. The number of anilines is 3. The second-order valence-electron chi connectivity index (χ2n) is 7.29. The predicted molar refractivity (Wildman–Crippen MR) is 113 cm³/mol. The van der Waals surface area contributed by atoms with Gasteiger partial charge in [-0.05, 0) is 49.4 Å². The quantitative estimate of drug-likeness (QED) is 0.619. The number of hydrogen-bond donors (Lipinski definition) is 3. The Balaban J connectivity index is 1.95. The van der Waals surface area contributed by atoms with E-state index < -0.39 is 11.5 Å². The third-order valence-electron chi connectivity index (χ3n) is 3.73. The Morgan fingerprint density at radius 3 is 1.89 bits per heavy atom. The molecule has 0 fully saturated rings. The molecule has 0 aliphatic heterocycles. The van der Waals surface area contributed by atoms with Crippen LogP contribution in [0.5, 0.6) is 0 Å². The zero-order chi connectivity index (χ0) is 20.2. The molecule has 0 bridgehead atoms. The molecule has 0 aliphatic carbocycles. The van der Waals surface area contributed by atoms with Crippen molar-refractivity contribution >= 4 is 52.1 Å². The predicted octanol–water partition coefficient (Wildman–Crippen LogP) is 5.42. The van der Waals surface area contributed by atoms with Gasteiger partial charge in [0, 0.05) is 32.5 Å². The molecule has 0 aliphatic rings. The maximum Gasteiger partial charge on any atom is 0.246 e. The Labute approximate surface area is 169 Å². The van der Waals surface area contributed by atoms with Gasteiger partial charge in [-0.3, -0.25) is 9.59 Å². The fourth-order valence-corrected chi connectivity index (χ4v) is 2.69. The zero-order valence-electron chi connectivity index (χ0n) is 15.7. The molecule has 2 amide bonds. The highest BCUT2D eigenvalue weighted by Crippen LogP contribution is 2.23. The van der Waals surface area contributed by atoms with Crippen molar-refractivity contribution in [1.29, 1.82) is 0 Å². The molecule has 0 heterocycles. The zero-order valence-corrected chi connectivity index (χ0v) is 17.2. The lowest BCUT2D eigenvalue weighted by Gasteiger charge is -2.18. The Bertz CT molecular complexity index is 810. The van der Waals surface area contributed by atoms with E-state index in [-0.39, 0.29) is 11.8 Å². The lowest BCUT2D eigenvalue weighted by atomic mass is 9.95. The van der Waals surface area contributed by atoms with Gasteiger partial charge in [-0.25, -0.2) is 0 Å². The summed E-state index contributed by atoms with van der Waals surface area (Å²) < 4.78 is 0. The SMILES string of the molecule is CC(Nc1ccc(NC(=O)C(C)(C)C)cc1)C(=O)Nc1cc(Cl)cc(Cl)c1. The summed E-state index contributed by atoms with van der Waals surface area (Å²) in [6, 6.07) is 11.5. The van der Waals surface area contributed by atoms with Gasteiger partial charge in [-0.1, -0.05) is 44.0 Å². The van der Waals surface area contributed by atoms with Gasteiger partial charge in [-0.15, -0.1) is 0 Å². The van der Waals surface area contributed by atoms with Crippen LogP contribution in [0.3, 0.4) is 0 Å². The van der Waals surface area contributed by atoms with Crippen molar-refractivity contribution in [2.45, 2.75) is 33.7 Å². The Morgan fingerprint density at radius 2 is 1.37 bits per heavy atom. The molecule has 1 atom stereocenters. The molecule has 27 heavy (non-hydrogen) atoms. The molecular formula is C20H23Cl2N3O2. The van der Waals surface area contributed by atoms with Crippen molar-refractivity contribution in [1.82, 2.24) is 0 Å². The average molecular weight is 408 g/mol. The second kappa shape index (κ2) is 8.63. The smallest absolute Gasteiger partial charge is 0.246 e. The maximum atomic E-state index is 12.3. The van der Waals surface area contributed by atoms with Crippen LogP contribution in [0.2, 0.25) is 10.0 Å². The van der Waals surface area contributed by atoms with E-state index in [9.17, 15) is 9.59 Å². The normalized spacial score (nSPS) is 12.2. The van der Waals surface area contributed by atoms with Crippen LogP contribution < -0.4 is 16.0 Å². The van der Waals surface area contributed by atoms with E-state index in [4.69, 9.17) is 23.2 Å². The van der Waals surface area contributed by atoms with E-state index in [1.807, 2.05) is 20.8 Å². The molecule has 2 aromatic rings. The summed E-state index contributed by atoms with van der Waals surface area (Å²) in [4.78, 5) is 24.4. The van der Waals surface area contributed by atoms with Crippen LogP contribution in [-0.4, -0.2) is 17.9 Å². The Morgan fingerprint density at radius 1 is 0.852 bits per heavy atom. The number of amides is 2. The Hall–Kier alpha value is -2.24. The molecule has 144 valence electrons. The second-order valence-corrected chi connectivity index (χ2v) is 8.17. The Kier molecular flexibility index (Phi) is 6.73. The van der Waals surface area contributed by atoms with Crippen molar-refractivity contribution in [2.75, 3.05) is 16.0 Å². The van der Waals surface area contributed by atoms with Gasteiger partial charge in [0.1, 0.15) is 6.04 Å². The molecule has 0 saturated carbocycles. The first-order valence-corrected chi connectivity index (χ1v) is 9.25. The third-order valence-corrected chi connectivity index (χ3v) is 4.17. The number of carbonyl (C=O) groups is 2. The number of carbonyl (C=O) groups excluding carboxylic acids is 2. The molecule has 2 aromatic carbocycles. The van der Waals surface area contributed by atoms with Gasteiger partial charge in [0.05, 0.1) is 0 Å². The van der Waals surface area contributed by atoms with Crippen molar-refractivity contribution in [3.8, 4) is 0 Å². The molecule has 5 nitrogen and oxygen atoms in total. The number of halogens is 2. The molecule has 0 saturated heterocycles. The molecule has 3 N–H and O–H groups in total. The van der Waals surface area contributed by atoms with Gasteiger partial charge in [0.25, 0.3) is 0 Å². The van der Waals surface area contributed by atoms with Crippen LogP contribution in [0.4, 0.5) is 17.1 Å². The maximum absolute atomic E-state index is 12.3. The van der Waals surface area contributed by atoms with Crippen LogP contribution in [-0.2, 0) is 9.59 Å². The van der Waals surface area contributed by atoms with Crippen LogP contribution in [0.1, 0.15) is 27.7 Å². The highest BCUT2D eigenvalue weighted by molar-refractivity contribution is 6.35. The van der Waals surface area contributed by atoms with Crippen LogP contribution in [0.25, 0.3) is 0 Å². The van der Waals surface area contributed by atoms with Gasteiger partial charge in [-0.2, -0.15) is 0 Å². The first kappa shape index (κ1) is 21.1. The fraction of sp³-hybridized carbons (Fsp3) is 0.300. The largest absolute Gasteiger partial charge is 0.374 e. The summed E-state index contributed by atoms with van der Waals surface area (Å²) >= 11 is 11.9. The van der Waals surface area contributed by atoms with E-state index >= 15 is 0 Å². The molecule has 7 heteroatoms. The monoisotopic (exact) mass is 407 g/mol. The topological polar surface area (TPSA) is 70.2 Å². The standard InChI is InChI=1S/C20H23Cl2N3O2/c1-12(18(26)24-17-10-13(21)9-14(22)11-17)23-15-5-7-16(8-6-15)25-19(27)20(2,3)4/h5-12,23H,1-4H3,(H,24,26)(H,25,27). The van der Waals surface area contributed by atoms with Gasteiger partial charge in [0.2, 0.25) is 11.8 Å². The summed E-state index contributed by atoms with van der Waals surface area (Å²) in [6.45, 7) is 7.31. The summed E-state index contributed by atoms with van der Waals surface area (Å²) in [5.74, 6) is -0.283. The van der Waals surface area contributed by atoms with Crippen LogP contribution in [0, 0.1) is 5.41 Å². The van der Waals surface area contributed by atoms with E-state index in [1.165, 1.54) is 0 Å². The highest BCUT2D eigenvalue weighted by atomic mass is 35.5. The van der Waals surface area contributed by atoms with E-state index in [0.717, 1.165) is 5.69 Å². The van der Waals surface area contributed by atoms with E-state index in [1.54, 1.807) is 49.4 Å². The number of rotatable bonds is 5. The first-order chi connectivity index (χ1) is 12.5. The summed E-state index contributed by atoms with van der Waals surface area (Å²) in [5.41, 5.74) is 1.53. The van der Waals surface area contributed by atoms with Crippen molar-refractivity contribution in [2.24, 2.45) is 5.41 Å². The van der Waals surface area contributed by atoms with Crippen LogP contribution >= 0.6 is 23.2 Å². The van der Waals surface area contributed by atoms with Crippen LogP contribution in [0.15, 0.2) is 42.5 Å². The molecule has 1 unspecified atom stereocenters. The minimum absolute atomic E-state index is 0.0591. The highest BCUT2D eigenvalue weighted by Gasteiger charge is 2.21. The first-order valence-electron chi connectivity index (χ1n) is 8.49. The summed E-state index contributed by atoms with van der Waals surface area (Å²) in [7, 11) is 0. The number of nitrogens with one attached hydrogen (secondary N) is 3. The van der Waals surface area contributed by atoms with Crippen molar-refractivity contribution in [3.05, 3.63) is 52.5 Å². The molecule has 0 radical (unpaired) electrons. The molecular weight excluding hydrogens is 385 g/mol. The summed E-state index contributed by atoms with van der Waals surface area (Å²) in [6.07, 6.45) is 0. The van der Waals surface area contributed by atoms with E-state index in [2.05, 4.69) is 16.0 Å². The third kappa shape index (κ3) is 6.45. The summed E-state index contributed by atoms with van der Waals surface area (Å²) in [5, 5.41) is 9.64. The van der Waals surface area contributed by atoms with Crippen molar-refractivity contribution < 1.29 is 9.59 Å². The lowest BCUT2D eigenvalue weighted by Crippen LogP contribution is -2.31. The fourth-order valence-electron chi connectivity index (χ4n) is 2.16. The number of benzene rings is 2. The average Bonchev–Trinajstić information content (AvgIpc) is 2.54. The number of hydrogen-bond acceptors (Lipinski definition) is 3. The molecule has 0 aromatic heterocycles. The van der Waals surface area contributed by atoms with Gasteiger partial charge in [0.15, 0.2) is 0 Å². The molecule has 2 rings (SSSR count).